The average Bonchev–Trinajstić information content (AvgIpc) is 3.15. The Morgan fingerprint density at radius 1 is 1.12 bits per heavy atom. The Morgan fingerprint density at radius 3 is 2.68 bits per heavy atom. The Labute approximate surface area is 199 Å². The van der Waals surface area contributed by atoms with Gasteiger partial charge in [0.2, 0.25) is 0 Å². The highest BCUT2D eigenvalue weighted by atomic mass is 16.6. The summed E-state index contributed by atoms with van der Waals surface area (Å²) in [5.41, 5.74) is 8.53. The Morgan fingerprint density at radius 2 is 1.88 bits per heavy atom. The van der Waals surface area contributed by atoms with Crippen LogP contribution in [0, 0.1) is 16.5 Å². The van der Waals surface area contributed by atoms with Gasteiger partial charge in [0.25, 0.3) is 5.91 Å². The van der Waals surface area contributed by atoms with Gasteiger partial charge in [0.1, 0.15) is 18.1 Å². The lowest BCUT2D eigenvalue weighted by Crippen LogP contribution is -2.56. The number of carbonyl (C=O) groups is 1. The summed E-state index contributed by atoms with van der Waals surface area (Å²) in [6.45, 7) is 2.67. The van der Waals surface area contributed by atoms with E-state index in [0.717, 1.165) is 47.8 Å². The average molecular weight is 458 g/mol. The monoisotopic (exact) mass is 457 g/mol. The molecular formula is C27H31N5O2. The van der Waals surface area contributed by atoms with Gasteiger partial charge in [-0.1, -0.05) is 54.6 Å². The molecule has 2 heterocycles. The zero-order valence-electron chi connectivity index (χ0n) is 19.2. The standard InChI is InChI=1S/C27H31N5O2/c28-26(29)21-9-8-20-14-25(27(33)31-16-18-10-12-30-13-11-18)32(34,24(20)15-21)17-22-6-3-5-19-4-1-2-7-23(19)22/h1-9,15,18,25,30H,10-14,16-17H2,(H3,28,29)(H,31,33). The van der Waals surface area contributed by atoms with Crippen LogP contribution in [0.4, 0.5) is 5.69 Å². The van der Waals surface area contributed by atoms with E-state index in [1.54, 1.807) is 12.1 Å². The Bertz CT molecular complexity index is 1230. The fourth-order valence-corrected chi connectivity index (χ4v) is 5.39. The van der Waals surface area contributed by atoms with Crippen LogP contribution < -0.4 is 21.0 Å². The summed E-state index contributed by atoms with van der Waals surface area (Å²) in [6, 6.07) is 18.5. The van der Waals surface area contributed by atoms with Crippen molar-refractivity contribution >= 4 is 28.2 Å². The minimum atomic E-state index is -0.780. The van der Waals surface area contributed by atoms with Gasteiger partial charge in [-0.25, -0.2) is 0 Å². The molecule has 0 bridgehead atoms. The van der Waals surface area contributed by atoms with Crippen molar-refractivity contribution in [2.24, 2.45) is 11.7 Å². The molecular weight excluding hydrogens is 426 g/mol. The first-order valence-electron chi connectivity index (χ1n) is 12.0. The first-order chi connectivity index (χ1) is 16.5. The summed E-state index contributed by atoms with van der Waals surface area (Å²) >= 11 is 0. The Kier molecular flexibility index (Phi) is 6.08. The van der Waals surface area contributed by atoms with Gasteiger partial charge in [0.05, 0.1) is 0 Å². The number of hydrogen-bond acceptors (Lipinski definition) is 4. The number of carbonyl (C=O) groups excluding carboxylic acids is 1. The van der Waals surface area contributed by atoms with Crippen LogP contribution in [-0.4, -0.2) is 37.4 Å². The number of quaternary nitrogens is 1. The van der Waals surface area contributed by atoms with E-state index in [2.05, 4.69) is 10.6 Å². The minimum Gasteiger partial charge on any atom is -0.627 e. The van der Waals surface area contributed by atoms with E-state index in [-0.39, 0.29) is 18.3 Å². The molecule has 2 aliphatic heterocycles. The normalized spacial score (nSPS) is 22.4. The maximum Gasteiger partial charge on any atom is 0.279 e. The van der Waals surface area contributed by atoms with Gasteiger partial charge in [0, 0.05) is 35.7 Å². The molecule has 34 heavy (non-hydrogen) atoms. The van der Waals surface area contributed by atoms with Gasteiger partial charge >= 0.3 is 0 Å². The van der Waals surface area contributed by atoms with Crippen LogP contribution in [0.2, 0.25) is 0 Å². The van der Waals surface area contributed by atoms with Crippen molar-refractivity contribution in [1.29, 1.82) is 5.41 Å². The van der Waals surface area contributed by atoms with Crippen molar-refractivity contribution in [2.45, 2.75) is 31.8 Å². The number of hydroxylamine groups is 2. The van der Waals surface area contributed by atoms with E-state index < -0.39 is 10.7 Å². The van der Waals surface area contributed by atoms with E-state index in [9.17, 15) is 10.0 Å². The number of benzene rings is 3. The third kappa shape index (κ3) is 4.18. The third-order valence-electron chi connectivity index (χ3n) is 7.33. The van der Waals surface area contributed by atoms with Crippen LogP contribution in [0.1, 0.15) is 29.5 Å². The summed E-state index contributed by atoms with van der Waals surface area (Å²) in [6.07, 6.45) is 2.43. The van der Waals surface area contributed by atoms with Gasteiger partial charge in [0.15, 0.2) is 6.04 Å². The van der Waals surface area contributed by atoms with E-state index in [1.807, 2.05) is 48.5 Å². The van der Waals surface area contributed by atoms with Crippen molar-refractivity contribution in [3.63, 3.8) is 0 Å². The molecule has 2 unspecified atom stereocenters. The molecule has 1 amide bonds. The van der Waals surface area contributed by atoms with Crippen molar-refractivity contribution in [2.75, 3.05) is 19.6 Å². The molecule has 1 fully saturated rings. The van der Waals surface area contributed by atoms with Gasteiger partial charge < -0.3 is 26.2 Å². The third-order valence-corrected chi connectivity index (χ3v) is 7.33. The molecule has 7 heteroatoms. The predicted molar refractivity (Wildman–Crippen MR) is 136 cm³/mol. The number of amides is 1. The Hall–Kier alpha value is -3.26. The van der Waals surface area contributed by atoms with Gasteiger partial charge in [-0.3, -0.25) is 10.2 Å². The van der Waals surface area contributed by atoms with Crippen LogP contribution in [-0.2, 0) is 17.8 Å². The van der Waals surface area contributed by atoms with Crippen molar-refractivity contribution in [3.8, 4) is 0 Å². The number of rotatable bonds is 6. The smallest absolute Gasteiger partial charge is 0.279 e. The summed E-state index contributed by atoms with van der Waals surface area (Å²) in [5, 5.41) is 31.1. The summed E-state index contributed by atoms with van der Waals surface area (Å²) in [4.78, 5) is 13.4. The number of nitrogens with one attached hydrogen (secondary N) is 3. The lowest BCUT2D eigenvalue weighted by Gasteiger charge is -2.44. The highest BCUT2D eigenvalue weighted by Crippen LogP contribution is 2.41. The highest BCUT2D eigenvalue weighted by Gasteiger charge is 2.45. The fraction of sp³-hybridized carbons (Fsp3) is 0.333. The molecule has 7 nitrogen and oxygen atoms in total. The molecule has 2 atom stereocenters. The van der Waals surface area contributed by atoms with Crippen LogP contribution in [0.5, 0.6) is 0 Å². The molecule has 3 aromatic rings. The van der Waals surface area contributed by atoms with E-state index in [4.69, 9.17) is 11.1 Å². The number of hydrogen-bond donors (Lipinski definition) is 4. The van der Waals surface area contributed by atoms with Gasteiger partial charge in [-0.05, 0) is 42.6 Å². The quantitative estimate of drug-likeness (QED) is 0.197. The Balaban J connectivity index is 1.50. The molecule has 5 N–H and O–H groups in total. The summed E-state index contributed by atoms with van der Waals surface area (Å²) < 4.78 is -0.775. The predicted octanol–water partition coefficient (Wildman–Crippen LogP) is 3.17. The zero-order chi connectivity index (χ0) is 23.7. The maximum atomic E-state index is 14.7. The molecule has 0 radical (unpaired) electrons. The number of amidine groups is 1. The van der Waals surface area contributed by atoms with Crippen LogP contribution >= 0.6 is 0 Å². The van der Waals surface area contributed by atoms with Crippen molar-refractivity contribution < 1.29 is 4.79 Å². The van der Waals surface area contributed by atoms with Gasteiger partial charge in [-0.15, -0.1) is 0 Å². The first kappa shape index (κ1) is 22.5. The molecule has 0 spiro atoms. The molecule has 0 saturated carbocycles. The molecule has 2 aliphatic rings. The summed E-state index contributed by atoms with van der Waals surface area (Å²) in [7, 11) is 0. The highest BCUT2D eigenvalue weighted by molar-refractivity contribution is 5.97. The topological polar surface area (TPSA) is 114 Å². The second-order valence-corrected chi connectivity index (χ2v) is 9.51. The molecule has 1 saturated heterocycles. The van der Waals surface area contributed by atoms with Crippen molar-refractivity contribution in [1.82, 2.24) is 15.3 Å². The van der Waals surface area contributed by atoms with E-state index in [0.29, 0.717) is 30.1 Å². The van der Waals surface area contributed by atoms with E-state index in [1.165, 1.54) is 0 Å². The number of nitrogens with zero attached hydrogens (tertiary/aromatic N) is 1. The first-order valence-corrected chi connectivity index (χ1v) is 12.0. The molecule has 176 valence electrons. The second kappa shape index (κ2) is 9.18. The number of nitrogen functional groups attached to an aromatic ring is 1. The fourth-order valence-electron chi connectivity index (χ4n) is 5.39. The van der Waals surface area contributed by atoms with Crippen LogP contribution in [0.3, 0.4) is 0 Å². The van der Waals surface area contributed by atoms with E-state index >= 15 is 0 Å². The van der Waals surface area contributed by atoms with Crippen LogP contribution in [0.15, 0.2) is 60.7 Å². The zero-order valence-corrected chi connectivity index (χ0v) is 19.2. The van der Waals surface area contributed by atoms with Crippen molar-refractivity contribution in [3.05, 3.63) is 82.6 Å². The molecule has 0 aliphatic carbocycles. The molecule has 5 rings (SSSR count). The number of piperidine rings is 1. The van der Waals surface area contributed by atoms with Crippen LogP contribution in [0.25, 0.3) is 10.8 Å². The largest absolute Gasteiger partial charge is 0.627 e. The lowest BCUT2D eigenvalue weighted by molar-refractivity contribution is -0.125. The maximum absolute atomic E-state index is 14.7. The number of nitrogens with two attached hydrogens (primary N) is 1. The summed E-state index contributed by atoms with van der Waals surface area (Å²) in [5.74, 6) is 0.151. The second-order valence-electron chi connectivity index (χ2n) is 9.51. The lowest BCUT2D eigenvalue weighted by atomic mass is 9.98. The number of fused-ring (bicyclic) bond motifs is 2. The van der Waals surface area contributed by atoms with Gasteiger partial charge in [-0.2, -0.15) is 0 Å². The SMILES string of the molecule is N=C(N)c1ccc2c(c1)[N+]([O-])(Cc1cccc3ccccc13)C(C(=O)NCC1CCNCC1)C2. The minimum absolute atomic E-state index is 0.0849. The molecule has 3 aromatic carbocycles. The molecule has 0 aromatic heterocycles.